The number of nitrogens with zero attached hydrogens (tertiary/aromatic N) is 1. The maximum Gasteiger partial charge on any atom is 0.471 e. The zero-order chi connectivity index (χ0) is 13.8. The molecule has 19 heavy (non-hydrogen) atoms. The van der Waals surface area contributed by atoms with Gasteiger partial charge in [0, 0.05) is 12.1 Å². The molecule has 3 rings (SSSR count). The highest BCUT2D eigenvalue weighted by atomic mass is 127. The molecule has 2 N–H and O–H groups in total. The topological polar surface area (TPSA) is 46.3 Å². The van der Waals surface area contributed by atoms with E-state index < -0.39 is 23.7 Å². The molecule has 0 aromatic carbocycles. The Morgan fingerprint density at radius 3 is 2.84 bits per heavy atom. The molecular formula is C12H12F3IN2O. The second kappa shape index (κ2) is 4.15. The molecule has 0 spiro atoms. The minimum absolute atomic E-state index is 0.00488. The first-order valence-electron chi connectivity index (χ1n) is 5.82. The average molecular weight is 384 g/mol. The fraction of sp³-hybridized carbons (Fsp3) is 0.500. The molecule has 3 aliphatic rings. The SMILES string of the molecule is NC12CC1CN(C(=O)C(F)(F)F)C2C1=CC=IC=C1. The Labute approximate surface area is 118 Å². The number of nitrogens with two attached hydrogens (primary N) is 1. The maximum atomic E-state index is 12.6. The van der Waals surface area contributed by atoms with Crippen LogP contribution in [0.25, 0.3) is 0 Å². The van der Waals surface area contributed by atoms with E-state index in [1.54, 1.807) is 0 Å². The summed E-state index contributed by atoms with van der Waals surface area (Å²) in [5, 5.41) is 0. The van der Waals surface area contributed by atoms with E-state index in [-0.39, 0.29) is 33.2 Å². The van der Waals surface area contributed by atoms with Gasteiger partial charge < -0.3 is 10.6 Å². The van der Waals surface area contributed by atoms with E-state index in [1.807, 2.05) is 20.2 Å². The minimum Gasteiger partial charge on any atom is -0.326 e. The number of alkyl halides is 3. The summed E-state index contributed by atoms with van der Waals surface area (Å²) in [5.41, 5.74) is 6.22. The molecule has 3 nitrogen and oxygen atoms in total. The number of hydrogen-bond donors (Lipinski definition) is 1. The highest BCUT2D eigenvalue weighted by Crippen LogP contribution is 2.54. The summed E-state index contributed by atoms with van der Waals surface area (Å²) in [6, 6.07) is -0.636. The highest BCUT2D eigenvalue weighted by molar-refractivity contribution is 14.2. The van der Waals surface area contributed by atoms with Crippen molar-refractivity contribution in [1.82, 2.24) is 4.90 Å². The molecule has 2 heterocycles. The number of fused-ring (bicyclic) bond motifs is 1. The van der Waals surface area contributed by atoms with Crippen molar-refractivity contribution in [2.75, 3.05) is 6.54 Å². The Morgan fingerprint density at radius 1 is 1.53 bits per heavy atom. The van der Waals surface area contributed by atoms with Gasteiger partial charge in [0.25, 0.3) is 0 Å². The summed E-state index contributed by atoms with van der Waals surface area (Å²) in [4.78, 5) is 12.4. The molecular weight excluding hydrogens is 372 g/mol. The Balaban J connectivity index is 1.94. The van der Waals surface area contributed by atoms with E-state index in [4.69, 9.17) is 5.73 Å². The van der Waals surface area contributed by atoms with Crippen LogP contribution in [0.3, 0.4) is 0 Å². The van der Waals surface area contributed by atoms with Gasteiger partial charge >= 0.3 is 12.1 Å². The molecule has 0 aromatic rings. The molecule has 0 bridgehead atoms. The lowest BCUT2D eigenvalue weighted by atomic mass is 9.97. The standard InChI is InChI=1S/C12H12F3IN2O/c13-12(14,15)10(19)18-6-8-5-11(8,17)9(18)7-1-3-16-4-2-7/h1-4,8-9H,5-6,17H2. The number of hydrogen-bond acceptors (Lipinski definition) is 2. The smallest absolute Gasteiger partial charge is 0.326 e. The third kappa shape index (κ3) is 2.06. The Kier molecular flexibility index (Phi) is 2.90. The number of allylic oxidation sites excluding steroid dienone is 1. The van der Waals surface area contributed by atoms with Gasteiger partial charge in [-0.1, -0.05) is 32.9 Å². The van der Waals surface area contributed by atoms with Crippen LogP contribution < -0.4 is 5.73 Å². The number of halogens is 4. The molecule has 0 aromatic heterocycles. The van der Waals surface area contributed by atoms with E-state index in [2.05, 4.69) is 0 Å². The second-order valence-corrected chi connectivity index (χ2v) is 7.24. The van der Waals surface area contributed by atoms with Crippen molar-refractivity contribution in [3.63, 3.8) is 0 Å². The van der Waals surface area contributed by atoms with Gasteiger partial charge in [-0.25, -0.2) is 0 Å². The number of likely N-dealkylation sites (tertiary alicyclic amines) is 1. The van der Waals surface area contributed by atoms with Crippen molar-refractivity contribution in [3.05, 3.63) is 21.8 Å². The van der Waals surface area contributed by atoms with E-state index in [0.29, 0.717) is 6.42 Å². The first-order valence-corrected chi connectivity index (χ1v) is 8.32. The summed E-state index contributed by atoms with van der Waals surface area (Å²) >= 11 is -0.148. The van der Waals surface area contributed by atoms with Crippen molar-refractivity contribution in [2.45, 2.75) is 24.2 Å². The molecule has 1 saturated carbocycles. The van der Waals surface area contributed by atoms with Gasteiger partial charge in [0.2, 0.25) is 0 Å². The summed E-state index contributed by atoms with van der Waals surface area (Å²) in [6.45, 7) is 0.111. The van der Waals surface area contributed by atoms with E-state index in [0.717, 1.165) is 10.5 Å². The van der Waals surface area contributed by atoms with Gasteiger partial charge in [0.05, 0.1) is 6.04 Å². The highest BCUT2D eigenvalue weighted by Gasteiger charge is 2.67. The van der Waals surface area contributed by atoms with Gasteiger partial charge in [0.1, 0.15) is 0 Å². The molecule has 3 atom stereocenters. The van der Waals surface area contributed by atoms with Gasteiger partial charge in [-0.05, 0) is 26.0 Å². The van der Waals surface area contributed by atoms with Crippen LogP contribution in [0.5, 0.6) is 0 Å². The van der Waals surface area contributed by atoms with Gasteiger partial charge in [0.15, 0.2) is 0 Å². The average Bonchev–Trinajstić information content (AvgIpc) is 2.90. The first kappa shape index (κ1) is 13.3. The maximum absolute atomic E-state index is 12.6. The van der Waals surface area contributed by atoms with Crippen LogP contribution in [0, 0.1) is 5.92 Å². The van der Waals surface area contributed by atoms with Crippen molar-refractivity contribution in [3.8, 4) is 0 Å². The van der Waals surface area contributed by atoms with Crippen LogP contribution in [0.4, 0.5) is 13.2 Å². The van der Waals surface area contributed by atoms with Gasteiger partial charge in [-0.2, -0.15) is 13.2 Å². The van der Waals surface area contributed by atoms with Crippen LogP contribution >= 0.6 is 20.7 Å². The van der Waals surface area contributed by atoms with Crippen molar-refractivity contribution in [2.24, 2.45) is 11.7 Å². The molecule has 7 heteroatoms. The number of amides is 1. The quantitative estimate of drug-likeness (QED) is 0.700. The fourth-order valence-corrected chi connectivity index (χ4v) is 4.41. The number of carbonyl (C=O) groups is 1. The predicted octanol–water partition coefficient (Wildman–Crippen LogP) is 1.70. The Bertz CT molecular complexity index is 526. The van der Waals surface area contributed by atoms with Crippen LogP contribution in [-0.4, -0.2) is 39.1 Å². The lowest BCUT2D eigenvalue weighted by Crippen LogP contribution is -2.52. The van der Waals surface area contributed by atoms with E-state index in [9.17, 15) is 18.0 Å². The molecule has 3 unspecified atom stereocenters. The third-order valence-electron chi connectivity index (χ3n) is 3.91. The zero-order valence-electron chi connectivity index (χ0n) is 9.82. The van der Waals surface area contributed by atoms with Gasteiger partial charge in [-0.15, -0.1) is 0 Å². The Morgan fingerprint density at radius 2 is 2.26 bits per heavy atom. The molecule has 1 amide bonds. The van der Waals surface area contributed by atoms with Crippen molar-refractivity contribution < 1.29 is 18.0 Å². The molecule has 2 aliphatic heterocycles. The summed E-state index contributed by atoms with van der Waals surface area (Å²) in [7, 11) is 0. The molecule has 1 aliphatic carbocycles. The van der Waals surface area contributed by atoms with Crippen molar-refractivity contribution in [1.29, 1.82) is 0 Å². The van der Waals surface area contributed by atoms with Crippen molar-refractivity contribution >= 4 is 30.6 Å². The largest absolute Gasteiger partial charge is 0.471 e. The fourth-order valence-electron chi connectivity index (χ4n) is 2.92. The van der Waals surface area contributed by atoms with Crippen LogP contribution in [-0.2, 0) is 4.79 Å². The normalized spacial score (nSPS) is 36.6. The molecule has 2 fully saturated rings. The van der Waals surface area contributed by atoms with Gasteiger partial charge in [-0.3, -0.25) is 4.79 Å². The lowest BCUT2D eigenvalue weighted by molar-refractivity contribution is -0.186. The van der Waals surface area contributed by atoms with E-state index in [1.165, 1.54) is 0 Å². The third-order valence-corrected chi connectivity index (χ3v) is 5.46. The molecule has 1 saturated heterocycles. The first-order chi connectivity index (χ1) is 8.84. The molecule has 0 radical (unpaired) electrons. The summed E-state index contributed by atoms with van der Waals surface area (Å²) in [5.74, 6) is -1.78. The van der Waals surface area contributed by atoms with Crippen LogP contribution in [0.1, 0.15) is 6.42 Å². The lowest BCUT2D eigenvalue weighted by Gasteiger charge is -2.32. The van der Waals surface area contributed by atoms with Crippen LogP contribution in [0.15, 0.2) is 21.8 Å². The van der Waals surface area contributed by atoms with Crippen LogP contribution in [0.2, 0.25) is 0 Å². The number of rotatable bonds is 1. The zero-order valence-corrected chi connectivity index (χ0v) is 12.0. The second-order valence-electron chi connectivity index (χ2n) is 5.08. The monoisotopic (exact) mass is 384 g/mol. The Hall–Kier alpha value is -0.700. The van der Waals surface area contributed by atoms with E-state index >= 15 is 0 Å². The predicted molar refractivity (Wildman–Crippen MR) is 73.9 cm³/mol. The minimum atomic E-state index is -4.83. The summed E-state index contributed by atoms with van der Waals surface area (Å²) < 4.78 is 41.9. The number of piperidine rings is 1. The summed E-state index contributed by atoms with van der Waals surface area (Å²) in [6.07, 6.45) is -0.492. The molecule has 104 valence electrons. The number of carbonyl (C=O) groups excluding carboxylic acids is 1.